The van der Waals surface area contributed by atoms with Gasteiger partial charge in [0.05, 0.1) is 12.2 Å². The van der Waals surface area contributed by atoms with Crippen molar-refractivity contribution in [1.29, 1.82) is 0 Å². The van der Waals surface area contributed by atoms with E-state index in [4.69, 9.17) is 5.73 Å². The van der Waals surface area contributed by atoms with Crippen LogP contribution in [0.25, 0.3) is 0 Å². The molecule has 0 atom stereocenters. The van der Waals surface area contributed by atoms with Gasteiger partial charge in [0.25, 0.3) is 0 Å². The minimum Gasteiger partial charge on any atom is -0.324 e. The quantitative estimate of drug-likeness (QED) is 0.902. The molecule has 98 valence electrons. The van der Waals surface area contributed by atoms with Crippen LogP contribution in [-0.4, -0.2) is 12.5 Å². The zero-order chi connectivity index (χ0) is 13.7. The summed E-state index contributed by atoms with van der Waals surface area (Å²) in [6.07, 6.45) is 0. The van der Waals surface area contributed by atoms with E-state index in [1.54, 1.807) is 30.3 Å². The fourth-order valence-corrected chi connectivity index (χ4v) is 2.43. The number of benzene rings is 2. The van der Waals surface area contributed by atoms with Crippen LogP contribution in [0.2, 0.25) is 0 Å². The van der Waals surface area contributed by atoms with E-state index >= 15 is 0 Å². The van der Waals surface area contributed by atoms with Crippen LogP contribution in [0.3, 0.4) is 0 Å². The van der Waals surface area contributed by atoms with Crippen molar-refractivity contribution in [1.82, 2.24) is 0 Å². The molecule has 0 bridgehead atoms. The summed E-state index contributed by atoms with van der Waals surface area (Å²) in [7, 11) is 0. The Kier molecular flexibility index (Phi) is 4.54. The molecular formula is C14H13FN2OS. The Morgan fingerprint density at radius 2 is 1.74 bits per heavy atom. The highest BCUT2D eigenvalue weighted by Gasteiger charge is 2.08. The number of hydrogen-bond acceptors (Lipinski definition) is 3. The van der Waals surface area contributed by atoms with E-state index in [9.17, 15) is 9.18 Å². The summed E-state index contributed by atoms with van der Waals surface area (Å²) in [6.45, 7) is -0.0846. The molecule has 0 spiro atoms. The maximum absolute atomic E-state index is 13.6. The summed E-state index contributed by atoms with van der Waals surface area (Å²) in [6, 6.07) is 13.7. The van der Waals surface area contributed by atoms with Crippen molar-refractivity contribution in [3.63, 3.8) is 0 Å². The summed E-state index contributed by atoms with van der Waals surface area (Å²) in [4.78, 5) is 12.6. The van der Waals surface area contributed by atoms with Crippen molar-refractivity contribution in [2.75, 3.05) is 11.9 Å². The van der Waals surface area contributed by atoms with Gasteiger partial charge in [-0.05, 0) is 24.3 Å². The van der Waals surface area contributed by atoms with Crippen molar-refractivity contribution in [3.05, 3.63) is 54.3 Å². The second-order valence-corrected chi connectivity index (χ2v) is 4.86. The molecule has 0 aromatic heterocycles. The van der Waals surface area contributed by atoms with E-state index in [-0.39, 0.29) is 18.3 Å². The van der Waals surface area contributed by atoms with Gasteiger partial charge in [-0.25, -0.2) is 4.39 Å². The maximum Gasteiger partial charge on any atom is 0.238 e. The predicted molar refractivity (Wildman–Crippen MR) is 74.6 cm³/mol. The second kappa shape index (κ2) is 6.36. The monoisotopic (exact) mass is 276 g/mol. The number of carbonyl (C=O) groups excluding carboxylic acids is 1. The van der Waals surface area contributed by atoms with Crippen LogP contribution in [0.5, 0.6) is 0 Å². The number of anilines is 1. The average molecular weight is 276 g/mol. The van der Waals surface area contributed by atoms with Crippen molar-refractivity contribution in [2.45, 2.75) is 9.79 Å². The van der Waals surface area contributed by atoms with Gasteiger partial charge in [0.1, 0.15) is 5.82 Å². The fraction of sp³-hybridized carbons (Fsp3) is 0.0714. The van der Waals surface area contributed by atoms with Crippen LogP contribution >= 0.6 is 11.8 Å². The number of hydrogen-bond donors (Lipinski definition) is 2. The Morgan fingerprint density at radius 1 is 1.11 bits per heavy atom. The van der Waals surface area contributed by atoms with Gasteiger partial charge in [-0.3, -0.25) is 4.79 Å². The molecule has 0 radical (unpaired) electrons. The number of nitrogens with two attached hydrogens (primary N) is 1. The predicted octanol–water partition coefficient (Wildman–Crippen LogP) is 2.87. The Hall–Kier alpha value is -1.85. The number of para-hydroxylation sites is 1. The molecule has 2 aromatic rings. The molecule has 2 aromatic carbocycles. The number of nitrogens with one attached hydrogen (secondary N) is 1. The lowest BCUT2D eigenvalue weighted by atomic mass is 10.3. The van der Waals surface area contributed by atoms with Crippen LogP contribution in [0.4, 0.5) is 10.1 Å². The van der Waals surface area contributed by atoms with Gasteiger partial charge >= 0.3 is 0 Å². The minimum atomic E-state index is -0.285. The van der Waals surface area contributed by atoms with Gasteiger partial charge in [-0.2, -0.15) is 0 Å². The molecule has 2 rings (SSSR count). The molecule has 0 unspecified atom stereocenters. The first-order valence-electron chi connectivity index (χ1n) is 5.72. The third-order valence-electron chi connectivity index (χ3n) is 2.40. The van der Waals surface area contributed by atoms with Crippen LogP contribution in [0, 0.1) is 5.82 Å². The SMILES string of the molecule is NCC(=O)Nc1ccccc1Sc1ccccc1F. The molecular weight excluding hydrogens is 263 g/mol. The summed E-state index contributed by atoms with van der Waals surface area (Å²) in [5.41, 5.74) is 5.90. The first-order valence-corrected chi connectivity index (χ1v) is 6.53. The Balaban J connectivity index is 2.25. The van der Waals surface area contributed by atoms with Crippen molar-refractivity contribution < 1.29 is 9.18 Å². The lowest BCUT2D eigenvalue weighted by Gasteiger charge is -2.10. The first kappa shape index (κ1) is 13.6. The highest BCUT2D eigenvalue weighted by molar-refractivity contribution is 7.99. The number of halogens is 1. The molecule has 3 nitrogen and oxygen atoms in total. The molecule has 0 saturated heterocycles. The zero-order valence-corrected chi connectivity index (χ0v) is 10.9. The zero-order valence-electron chi connectivity index (χ0n) is 10.1. The molecule has 0 fully saturated rings. The van der Waals surface area contributed by atoms with E-state index in [2.05, 4.69) is 5.32 Å². The number of rotatable bonds is 4. The van der Waals surface area contributed by atoms with E-state index in [1.165, 1.54) is 17.8 Å². The first-order chi connectivity index (χ1) is 9.20. The molecule has 0 heterocycles. The van der Waals surface area contributed by atoms with Gasteiger partial charge in [0.15, 0.2) is 0 Å². The average Bonchev–Trinajstić information content (AvgIpc) is 2.43. The summed E-state index contributed by atoms with van der Waals surface area (Å²) < 4.78 is 13.6. The van der Waals surface area contributed by atoms with Crippen LogP contribution < -0.4 is 11.1 Å². The summed E-state index contributed by atoms with van der Waals surface area (Å²) in [5.74, 6) is -0.561. The molecule has 19 heavy (non-hydrogen) atoms. The summed E-state index contributed by atoms with van der Waals surface area (Å²) in [5, 5.41) is 2.69. The molecule has 0 saturated carbocycles. The smallest absolute Gasteiger partial charge is 0.238 e. The van der Waals surface area contributed by atoms with Crippen molar-refractivity contribution in [3.8, 4) is 0 Å². The lowest BCUT2D eigenvalue weighted by molar-refractivity contribution is -0.114. The molecule has 0 aliphatic heterocycles. The molecule has 1 amide bonds. The fourth-order valence-electron chi connectivity index (χ4n) is 1.51. The van der Waals surface area contributed by atoms with Gasteiger partial charge in [-0.1, -0.05) is 36.0 Å². The van der Waals surface area contributed by atoms with Crippen molar-refractivity contribution in [2.24, 2.45) is 5.73 Å². The van der Waals surface area contributed by atoms with Crippen LogP contribution in [0.15, 0.2) is 58.3 Å². The van der Waals surface area contributed by atoms with Crippen LogP contribution in [0.1, 0.15) is 0 Å². The van der Waals surface area contributed by atoms with Gasteiger partial charge in [0.2, 0.25) is 5.91 Å². The van der Waals surface area contributed by atoms with E-state index in [0.717, 1.165) is 4.90 Å². The molecule has 0 aliphatic carbocycles. The number of amides is 1. The normalized spacial score (nSPS) is 10.2. The maximum atomic E-state index is 13.6. The minimum absolute atomic E-state index is 0.0846. The van der Waals surface area contributed by atoms with E-state index in [0.29, 0.717) is 10.6 Å². The molecule has 5 heteroatoms. The van der Waals surface area contributed by atoms with Crippen LogP contribution in [-0.2, 0) is 4.79 Å². The van der Waals surface area contributed by atoms with Crippen molar-refractivity contribution >= 4 is 23.4 Å². The highest BCUT2D eigenvalue weighted by Crippen LogP contribution is 2.34. The van der Waals surface area contributed by atoms with Gasteiger partial charge in [-0.15, -0.1) is 0 Å². The Morgan fingerprint density at radius 3 is 2.42 bits per heavy atom. The largest absolute Gasteiger partial charge is 0.324 e. The van der Waals surface area contributed by atoms with E-state index in [1.807, 2.05) is 12.1 Å². The Bertz CT molecular complexity index is 589. The molecule has 3 N–H and O–H groups in total. The topological polar surface area (TPSA) is 55.1 Å². The van der Waals surface area contributed by atoms with Gasteiger partial charge in [0, 0.05) is 9.79 Å². The molecule has 0 aliphatic rings. The second-order valence-electron chi connectivity index (χ2n) is 3.78. The van der Waals surface area contributed by atoms with Gasteiger partial charge < -0.3 is 11.1 Å². The van der Waals surface area contributed by atoms with E-state index < -0.39 is 0 Å². The third-order valence-corrected chi connectivity index (χ3v) is 3.53. The standard InChI is InChI=1S/C14H13FN2OS/c15-10-5-1-3-7-12(10)19-13-8-4-2-6-11(13)17-14(18)9-16/h1-8H,9,16H2,(H,17,18). The lowest BCUT2D eigenvalue weighted by Crippen LogP contribution is -2.22. The number of carbonyl (C=O) groups is 1. The third kappa shape index (κ3) is 3.56. The summed E-state index contributed by atoms with van der Waals surface area (Å²) >= 11 is 1.26. The Labute approximate surface area is 115 Å². The highest BCUT2D eigenvalue weighted by atomic mass is 32.2.